The third-order valence-electron chi connectivity index (χ3n) is 5.72. The Bertz CT molecular complexity index is 1230. The van der Waals surface area contributed by atoms with Crippen LogP contribution in [0.1, 0.15) is 49.5 Å². The fourth-order valence-electron chi connectivity index (χ4n) is 3.77. The van der Waals surface area contributed by atoms with E-state index in [-0.39, 0.29) is 16.5 Å². The molecule has 0 radical (unpaired) electrons. The van der Waals surface area contributed by atoms with E-state index in [9.17, 15) is 26.4 Å². The number of piperazine rings is 1. The van der Waals surface area contributed by atoms with Crippen LogP contribution in [0.3, 0.4) is 0 Å². The van der Waals surface area contributed by atoms with Crippen LogP contribution < -0.4 is 20.3 Å². The number of carboxylic acid groups (broad SMARTS) is 1. The van der Waals surface area contributed by atoms with Crippen molar-refractivity contribution in [3.05, 3.63) is 47.7 Å². The number of aliphatic carboxylic acids is 1. The van der Waals surface area contributed by atoms with E-state index in [0.29, 0.717) is 23.8 Å². The van der Waals surface area contributed by atoms with Crippen molar-refractivity contribution in [3.63, 3.8) is 0 Å². The summed E-state index contributed by atoms with van der Waals surface area (Å²) in [5.74, 6) is -1.93. The average molecular weight is 588 g/mol. The second kappa shape index (κ2) is 14.8. The number of sulfonamides is 1. The number of carbonyl (C=O) groups is 2. The number of hydrogen-bond acceptors (Lipinski definition) is 7. The summed E-state index contributed by atoms with van der Waals surface area (Å²) in [6, 6.07) is 8.48. The highest BCUT2D eigenvalue weighted by atomic mass is 32.2. The number of rotatable bonds is 10. The van der Waals surface area contributed by atoms with Crippen molar-refractivity contribution in [2.45, 2.75) is 51.1 Å². The molecule has 0 saturated carbocycles. The number of nitrogens with zero attached hydrogens (tertiary/aromatic N) is 2. The summed E-state index contributed by atoms with van der Waals surface area (Å²) < 4.78 is 60.2. The van der Waals surface area contributed by atoms with Gasteiger partial charge in [0.1, 0.15) is 5.82 Å². The number of carboxylic acids is 1. The molecule has 4 N–H and O–H groups in total. The van der Waals surface area contributed by atoms with E-state index in [4.69, 9.17) is 9.90 Å². The quantitative estimate of drug-likeness (QED) is 0.309. The van der Waals surface area contributed by atoms with Crippen LogP contribution in [-0.2, 0) is 21.2 Å². The normalized spacial score (nSPS) is 13.8. The Balaban J connectivity index is 0.000000708. The predicted molar refractivity (Wildman–Crippen MR) is 146 cm³/mol. The van der Waals surface area contributed by atoms with Crippen molar-refractivity contribution >= 4 is 33.4 Å². The highest BCUT2D eigenvalue weighted by Gasteiger charge is 2.38. The fourth-order valence-corrected chi connectivity index (χ4v) is 4.81. The van der Waals surface area contributed by atoms with Crippen LogP contribution in [-0.4, -0.2) is 69.3 Å². The van der Waals surface area contributed by atoms with E-state index in [1.807, 2.05) is 12.1 Å². The lowest BCUT2D eigenvalue weighted by Crippen LogP contribution is -2.44. The number of aromatic nitrogens is 1. The molecule has 1 saturated heterocycles. The van der Waals surface area contributed by atoms with Crippen LogP contribution in [0.25, 0.3) is 0 Å². The van der Waals surface area contributed by atoms with Crippen LogP contribution in [0.2, 0.25) is 0 Å². The minimum absolute atomic E-state index is 0.176. The first-order valence-electron chi connectivity index (χ1n) is 12.9. The molecule has 0 unspecified atom stereocenters. The van der Waals surface area contributed by atoms with E-state index in [0.717, 1.165) is 51.0 Å². The zero-order chi connectivity index (χ0) is 29.9. The molecule has 1 aliphatic heterocycles. The molecule has 0 bridgehead atoms. The molecule has 3 rings (SSSR count). The number of alkyl halides is 3. The number of carbonyl (C=O) groups excluding carboxylic acids is 1. The number of amides is 1. The maximum Gasteiger partial charge on any atom is 0.490 e. The van der Waals surface area contributed by atoms with Gasteiger partial charge in [-0.15, -0.1) is 0 Å². The van der Waals surface area contributed by atoms with Gasteiger partial charge in [0.25, 0.3) is 15.9 Å². The smallest absolute Gasteiger partial charge is 0.475 e. The van der Waals surface area contributed by atoms with E-state index in [2.05, 4.69) is 46.0 Å². The molecule has 10 nitrogen and oxygen atoms in total. The number of halogens is 3. The van der Waals surface area contributed by atoms with Gasteiger partial charge in [-0.2, -0.15) is 13.2 Å². The van der Waals surface area contributed by atoms with Crippen LogP contribution in [0, 0.1) is 5.92 Å². The van der Waals surface area contributed by atoms with Crippen molar-refractivity contribution in [2.24, 2.45) is 5.92 Å². The lowest BCUT2D eigenvalue weighted by Gasteiger charge is -2.30. The first-order valence-corrected chi connectivity index (χ1v) is 14.4. The van der Waals surface area contributed by atoms with E-state index >= 15 is 0 Å². The topological polar surface area (TPSA) is 141 Å². The predicted octanol–water partition coefficient (Wildman–Crippen LogP) is 3.65. The second-order valence-corrected chi connectivity index (χ2v) is 11.3. The molecule has 222 valence electrons. The molecular weight excluding hydrogens is 551 g/mol. The molecule has 2 aromatic rings. The minimum atomic E-state index is -5.08. The molecule has 1 amide bonds. The largest absolute Gasteiger partial charge is 0.490 e. The molecule has 0 aliphatic carbocycles. The van der Waals surface area contributed by atoms with Gasteiger partial charge in [0.05, 0.1) is 22.3 Å². The molecular formula is C26H36F3N5O5S. The SMILES string of the molecule is CCCCNC(=O)c1cc(NS(=O)(=O)c2ccc(CC(C)C)cc2)cnc1N1CCNCC1.O=C(O)C(F)(F)F. The summed E-state index contributed by atoms with van der Waals surface area (Å²) in [4.78, 5) is 28.5. The third-order valence-corrected chi connectivity index (χ3v) is 7.11. The molecule has 1 aromatic carbocycles. The Kier molecular flexibility index (Phi) is 12.2. The van der Waals surface area contributed by atoms with Gasteiger partial charge >= 0.3 is 12.1 Å². The zero-order valence-corrected chi connectivity index (χ0v) is 23.5. The number of hydrogen-bond donors (Lipinski definition) is 4. The summed E-state index contributed by atoms with van der Waals surface area (Å²) in [6.07, 6.45) is -0.868. The summed E-state index contributed by atoms with van der Waals surface area (Å²) in [7, 11) is -3.80. The summed E-state index contributed by atoms with van der Waals surface area (Å²) in [5, 5.41) is 13.3. The molecule has 0 spiro atoms. The van der Waals surface area contributed by atoms with E-state index < -0.39 is 22.2 Å². The van der Waals surface area contributed by atoms with Crippen molar-refractivity contribution < 1.29 is 36.3 Å². The lowest BCUT2D eigenvalue weighted by atomic mass is 10.0. The van der Waals surface area contributed by atoms with Crippen molar-refractivity contribution in [2.75, 3.05) is 42.3 Å². The third kappa shape index (κ3) is 10.3. The Labute approximate surface area is 232 Å². The number of unbranched alkanes of at least 4 members (excludes halogenated alkanes) is 1. The number of pyridine rings is 1. The molecule has 14 heteroatoms. The Morgan fingerprint density at radius 1 is 1.15 bits per heavy atom. The van der Waals surface area contributed by atoms with Crippen LogP contribution >= 0.6 is 0 Å². The van der Waals surface area contributed by atoms with Gasteiger partial charge in [0.2, 0.25) is 0 Å². The van der Waals surface area contributed by atoms with Gasteiger partial charge in [-0.05, 0) is 42.5 Å². The van der Waals surface area contributed by atoms with Crippen LogP contribution in [0.15, 0.2) is 41.4 Å². The van der Waals surface area contributed by atoms with Gasteiger partial charge in [-0.1, -0.05) is 39.3 Å². The maximum absolute atomic E-state index is 13.0. The minimum Gasteiger partial charge on any atom is -0.475 e. The van der Waals surface area contributed by atoms with Crippen molar-refractivity contribution in [3.8, 4) is 0 Å². The first kappa shape index (κ1) is 32.8. The van der Waals surface area contributed by atoms with Gasteiger partial charge < -0.3 is 20.6 Å². The van der Waals surface area contributed by atoms with Gasteiger partial charge in [-0.25, -0.2) is 18.2 Å². The summed E-state index contributed by atoms with van der Waals surface area (Å²) in [5.41, 5.74) is 1.73. The first-order chi connectivity index (χ1) is 18.7. The number of anilines is 2. The molecule has 1 fully saturated rings. The average Bonchev–Trinajstić information content (AvgIpc) is 2.89. The van der Waals surface area contributed by atoms with Crippen LogP contribution in [0.4, 0.5) is 24.7 Å². The van der Waals surface area contributed by atoms with E-state index in [1.165, 1.54) is 6.20 Å². The Morgan fingerprint density at radius 2 is 1.75 bits per heavy atom. The standard InChI is InChI=1S/C24H35N5O3S.C2HF3O2/c1-4-5-10-26-24(30)22-16-20(17-27-23(22)29-13-11-25-12-14-29)28-33(31,32)21-8-6-19(7-9-21)15-18(2)3;3-2(4,5)1(6)7/h6-9,16-18,25,28H,4-5,10-15H2,1-3H3,(H,26,30);(H,6,7). The Hall–Kier alpha value is -3.39. The molecule has 2 heterocycles. The summed E-state index contributed by atoms with van der Waals surface area (Å²) in [6.45, 7) is 9.95. The van der Waals surface area contributed by atoms with Gasteiger partial charge in [-0.3, -0.25) is 9.52 Å². The fraction of sp³-hybridized carbons (Fsp3) is 0.500. The monoisotopic (exact) mass is 587 g/mol. The molecule has 40 heavy (non-hydrogen) atoms. The van der Waals surface area contributed by atoms with E-state index in [1.54, 1.807) is 18.2 Å². The molecule has 0 atom stereocenters. The molecule has 1 aromatic heterocycles. The van der Waals surface area contributed by atoms with Crippen molar-refractivity contribution in [1.82, 2.24) is 15.6 Å². The van der Waals surface area contributed by atoms with Gasteiger partial charge in [0, 0.05) is 32.7 Å². The molecule has 1 aliphatic rings. The maximum atomic E-state index is 13.0. The summed E-state index contributed by atoms with van der Waals surface area (Å²) >= 11 is 0. The van der Waals surface area contributed by atoms with Crippen molar-refractivity contribution in [1.29, 1.82) is 0 Å². The Morgan fingerprint density at radius 3 is 2.27 bits per heavy atom. The lowest BCUT2D eigenvalue weighted by molar-refractivity contribution is -0.192. The van der Waals surface area contributed by atoms with Gasteiger partial charge in [0.15, 0.2) is 0 Å². The zero-order valence-electron chi connectivity index (χ0n) is 22.7. The highest BCUT2D eigenvalue weighted by molar-refractivity contribution is 7.92. The van der Waals surface area contributed by atoms with Crippen LogP contribution in [0.5, 0.6) is 0 Å². The second-order valence-electron chi connectivity index (χ2n) is 9.59. The highest BCUT2D eigenvalue weighted by Crippen LogP contribution is 2.24. The number of benzene rings is 1. The number of nitrogens with one attached hydrogen (secondary N) is 3.